The van der Waals surface area contributed by atoms with E-state index in [1.54, 1.807) is 0 Å². The van der Waals surface area contributed by atoms with Gasteiger partial charge in [-0.15, -0.1) is 0 Å². The monoisotopic (exact) mass is 344 g/mol. The highest BCUT2D eigenvalue weighted by molar-refractivity contribution is 9.10. The molecule has 2 aromatic rings. The zero-order valence-electron chi connectivity index (χ0n) is 9.88. The molecule has 20 heavy (non-hydrogen) atoms. The number of carbonyl (C=O) groups is 1. The van der Waals surface area contributed by atoms with Gasteiger partial charge in [0.15, 0.2) is 0 Å². The van der Waals surface area contributed by atoms with Crippen molar-refractivity contribution in [2.24, 2.45) is 0 Å². The summed E-state index contributed by atoms with van der Waals surface area (Å²) in [6.07, 6.45) is 0. The molecule has 0 spiro atoms. The Kier molecular flexibility index (Phi) is 3.99. The number of anilines is 2. The van der Waals surface area contributed by atoms with Gasteiger partial charge in [0.25, 0.3) is 5.91 Å². The van der Waals surface area contributed by atoms with Crippen molar-refractivity contribution in [2.45, 2.75) is 0 Å². The smallest absolute Gasteiger partial charge is 0.255 e. The standard InChI is InChI=1S/C13H8BrF3N2O/c14-8-5-7(15)1-2-11(8)19-13(20)6-3-9(16)12(18)10(17)4-6/h1-5H,18H2,(H,19,20). The fourth-order valence-electron chi connectivity index (χ4n) is 1.50. The van der Waals surface area contributed by atoms with Crippen LogP contribution in [0.25, 0.3) is 0 Å². The molecular formula is C13H8BrF3N2O. The van der Waals surface area contributed by atoms with Crippen molar-refractivity contribution in [2.75, 3.05) is 11.1 Å². The van der Waals surface area contributed by atoms with Crippen molar-refractivity contribution in [3.8, 4) is 0 Å². The number of amides is 1. The number of hydrogen-bond donors (Lipinski definition) is 2. The maximum atomic E-state index is 13.3. The fraction of sp³-hybridized carbons (Fsp3) is 0. The van der Waals surface area contributed by atoms with E-state index in [4.69, 9.17) is 5.73 Å². The second-order valence-electron chi connectivity index (χ2n) is 3.93. The summed E-state index contributed by atoms with van der Waals surface area (Å²) >= 11 is 3.07. The van der Waals surface area contributed by atoms with E-state index in [0.29, 0.717) is 4.47 Å². The van der Waals surface area contributed by atoms with Crippen molar-refractivity contribution < 1.29 is 18.0 Å². The molecule has 7 heteroatoms. The lowest BCUT2D eigenvalue weighted by molar-refractivity contribution is 0.102. The molecule has 0 heterocycles. The average molecular weight is 345 g/mol. The molecule has 2 aromatic carbocycles. The van der Waals surface area contributed by atoms with Gasteiger partial charge in [-0.05, 0) is 46.3 Å². The highest BCUT2D eigenvalue weighted by Gasteiger charge is 2.14. The molecule has 0 saturated heterocycles. The third-order valence-electron chi connectivity index (χ3n) is 2.52. The van der Waals surface area contributed by atoms with Crippen LogP contribution in [0.1, 0.15) is 10.4 Å². The van der Waals surface area contributed by atoms with Crippen LogP contribution in [-0.2, 0) is 0 Å². The molecule has 0 saturated carbocycles. The quantitative estimate of drug-likeness (QED) is 0.816. The zero-order valence-corrected chi connectivity index (χ0v) is 11.5. The van der Waals surface area contributed by atoms with Crippen LogP contribution >= 0.6 is 15.9 Å². The number of benzene rings is 2. The van der Waals surface area contributed by atoms with Gasteiger partial charge in [0.05, 0.1) is 5.69 Å². The first-order chi connectivity index (χ1) is 9.38. The van der Waals surface area contributed by atoms with Gasteiger partial charge in [0.1, 0.15) is 23.1 Å². The van der Waals surface area contributed by atoms with Gasteiger partial charge in [0, 0.05) is 10.0 Å². The number of rotatable bonds is 2. The number of carbonyl (C=O) groups excluding carboxylic acids is 1. The van der Waals surface area contributed by atoms with Gasteiger partial charge in [-0.1, -0.05) is 0 Å². The Hall–Kier alpha value is -2.02. The SMILES string of the molecule is Nc1c(F)cc(C(=O)Nc2ccc(F)cc2Br)cc1F. The molecule has 0 bridgehead atoms. The number of nitrogen functional groups attached to an aromatic ring is 1. The van der Waals surface area contributed by atoms with Gasteiger partial charge in [-0.2, -0.15) is 0 Å². The molecule has 0 aliphatic carbocycles. The van der Waals surface area contributed by atoms with E-state index < -0.39 is 29.0 Å². The van der Waals surface area contributed by atoms with Crippen LogP contribution in [0.5, 0.6) is 0 Å². The Balaban J connectivity index is 2.28. The number of halogens is 4. The summed E-state index contributed by atoms with van der Waals surface area (Å²) in [5.74, 6) is -3.27. The molecule has 0 unspecified atom stereocenters. The van der Waals surface area contributed by atoms with Crippen molar-refractivity contribution >= 4 is 33.2 Å². The van der Waals surface area contributed by atoms with Crippen molar-refractivity contribution in [1.82, 2.24) is 0 Å². The molecule has 0 aliphatic rings. The van der Waals surface area contributed by atoms with Crippen LogP contribution in [0.15, 0.2) is 34.8 Å². The molecule has 104 valence electrons. The summed E-state index contributed by atoms with van der Waals surface area (Å²) in [6.45, 7) is 0. The van der Waals surface area contributed by atoms with E-state index in [9.17, 15) is 18.0 Å². The topological polar surface area (TPSA) is 55.1 Å². The lowest BCUT2D eigenvalue weighted by Crippen LogP contribution is -2.13. The van der Waals surface area contributed by atoms with Crippen LogP contribution in [0.4, 0.5) is 24.5 Å². The average Bonchev–Trinajstić information content (AvgIpc) is 2.38. The zero-order chi connectivity index (χ0) is 14.9. The van der Waals surface area contributed by atoms with E-state index in [-0.39, 0.29) is 11.3 Å². The first-order valence-corrected chi connectivity index (χ1v) is 6.18. The highest BCUT2D eigenvalue weighted by atomic mass is 79.9. The molecule has 2 rings (SSSR count). The largest absolute Gasteiger partial charge is 0.394 e. The Bertz CT molecular complexity index is 668. The maximum Gasteiger partial charge on any atom is 0.255 e. The lowest BCUT2D eigenvalue weighted by Gasteiger charge is -2.08. The molecular weight excluding hydrogens is 337 g/mol. The van der Waals surface area contributed by atoms with Crippen LogP contribution in [0, 0.1) is 17.5 Å². The molecule has 1 amide bonds. The molecule has 3 N–H and O–H groups in total. The van der Waals surface area contributed by atoms with Crippen LogP contribution < -0.4 is 11.1 Å². The van der Waals surface area contributed by atoms with Gasteiger partial charge in [-0.25, -0.2) is 13.2 Å². The minimum atomic E-state index is -1.02. The predicted octanol–water partition coefficient (Wildman–Crippen LogP) is 3.70. The third kappa shape index (κ3) is 2.93. The maximum absolute atomic E-state index is 13.3. The second kappa shape index (κ2) is 5.54. The Morgan fingerprint density at radius 2 is 1.70 bits per heavy atom. The van der Waals surface area contributed by atoms with E-state index >= 15 is 0 Å². The number of nitrogens with two attached hydrogens (primary N) is 1. The Morgan fingerprint density at radius 3 is 2.25 bits per heavy atom. The summed E-state index contributed by atoms with van der Waals surface area (Å²) in [5.41, 5.74) is 4.51. The molecule has 0 radical (unpaired) electrons. The highest BCUT2D eigenvalue weighted by Crippen LogP contribution is 2.24. The molecule has 0 atom stereocenters. The minimum absolute atomic E-state index is 0.231. The van der Waals surface area contributed by atoms with Gasteiger partial charge in [0.2, 0.25) is 0 Å². The van der Waals surface area contributed by atoms with Crippen molar-refractivity contribution in [1.29, 1.82) is 0 Å². The predicted molar refractivity (Wildman–Crippen MR) is 72.8 cm³/mol. The van der Waals surface area contributed by atoms with Crippen LogP contribution in [-0.4, -0.2) is 5.91 Å². The van der Waals surface area contributed by atoms with Crippen LogP contribution in [0.3, 0.4) is 0 Å². The molecule has 0 aliphatic heterocycles. The Morgan fingerprint density at radius 1 is 1.10 bits per heavy atom. The Labute approximate surface area is 120 Å². The number of nitrogens with one attached hydrogen (secondary N) is 1. The van der Waals surface area contributed by atoms with E-state index in [0.717, 1.165) is 24.3 Å². The summed E-state index contributed by atoms with van der Waals surface area (Å²) < 4.78 is 39.7. The summed E-state index contributed by atoms with van der Waals surface area (Å²) in [5, 5.41) is 2.40. The van der Waals surface area contributed by atoms with E-state index in [2.05, 4.69) is 21.2 Å². The molecule has 3 nitrogen and oxygen atoms in total. The van der Waals surface area contributed by atoms with Crippen molar-refractivity contribution in [3.05, 3.63) is 57.8 Å². The fourth-order valence-corrected chi connectivity index (χ4v) is 1.95. The van der Waals surface area contributed by atoms with Crippen molar-refractivity contribution in [3.63, 3.8) is 0 Å². The lowest BCUT2D eigenvalue weighted by atomic mass is 10.1. The van der Waals surface area contributed by atoms with E-state index in [1.165, 1.54) is 6.07 Å². The van der Waals surface area contributed by atoms with Crippen LogP contribution in [0.2, 0.25) is 0 Å². The third-order valence-corrected chi connectivity index (χ3v) is 3.18. The van der Waals surface area contributed by atoms with Gasteiger partial charge < -0.3 is 11.1 Å². The molecule has 0 aromatic heterocycles. The number of hydrogen-bond acceptors (Lipinski definition) is 2. The first-order valence-electron chi connectivity index (χ1n) is 5.39. The summed E-state index contributed by atoms with van der Waals surface area (Å²) in [6, 6.07) is 5.27. The summed E-state index contributed by atoms with van der Waals surface area (Å²) in [4.78, 5) is 11.9. The van der Waals surface area contributed by atoms with Gasteiger partial charge >= 0.3 is 0 Å². The normalized spacial score (nSPS) is 10.4. The van der Waals surface area contributed by atoms with E-state index in [1.807, 2.05) is 0 Å². The molecule has 0 fully saturated rings. The van der Waals surface area contributed by atoms with Gasteiger partial charge in [-0.3, -0.25) is 4.79 Å². The summed E-state index contributed by atoms with van der Waals surface area (Å²) in [7, 11) is 0. The second-order valence-corrected chi connectivity index (χ2v) is 4.79. The first kappa shape index (κ1) is 14.4. The minimum Gasteiger partial charge on any atom is -0.394 e.